The van der Waals surface area contributed by atoms with Gasteiger partial charge in [-0.3, -0.25) is 0 Å². The minimum atomic E-state index is -4.49. The molecule has 3 rings (SSSR count). The summed E-state index contributed by atoms with van der Waals surface area (Å²) in [4.78, 5) is 0. The summed E-state index contributed by atoms with van der Waals surface area (Å²) >= 11 is 0. The van der Waals surface area contributed by atoms with Crippen molar-refractivity contribution in [1.82, 2.24) is 0 Å². The molecule has 0 aromatic heterocycles. The molecule has 2 aromatic carbocycles. The molecule has 0 bridgehead atoms. The van der Waals surface area contributed by atoms with E-state index in [-0.39, 0.29) is 14.5 Å². The zero-order valence-electron chi connectivity index (χ0n) is 16.0. The van der Waals surface area contributed by atoms with Crippen LogP contribution in [-0.4, -0.2) is 21.6 Å². The van der Waals surface area contributed by atoms with Gasteiger partial charge in [-0.15, -0.1) is 0 Å². The van der Waals surface area contributed by atoms with Crippen LogP contribution in [0.25, 0.3) is 11.1 Å². The highest BCUT2D eigenvalue weighted by molar-refractivity contribution is 6.59. The van der Waals surface area contributed by atoms with Crippen molar-refractivity contribution in [1.29, 1.82) is 0 Å². The Bertz CT molecular complexity index is 765. The molecule has 1 heterocycles. The Hall–Kier alpha value is -1.82. The Labute approximate surface area is 165 Å². The molecule has 1 aliphatic heterocycles. The molecule has 1 saturated heterocycles. The Morgan fingerprint density at radius 2 is 1.64 bits per heavy atom. The van der Waals surface area contributed by atoms with Gasteiger partial charge < -0.3 is 4.74 Å². The molecule has 0 aliphatic carbocycles. The zero-order valence-corrected chi connectivity index (χ0v) is 17.0. The van der Waals surface area contributed by atoms with Crippen LogP contribution in [0.15, 0.2) is 42.5 Å². The lowest BCUT2D eigenvalue weighted by Crippen LogP contribution is -2.20. The van der Waals surface area contributed by atoms with Gasteiger partial charge in [0.2, 0.25) is 0 Å². The van der Waals surface area contributed by atoms with Gasteiger partial charge in [0.05, 0.1) is 0 Å². The van der Waals surface area contributed by atoms with Crippen molar-refractivity contribution in [3.8, 4) is 16.9 Å². The van der Waals surface area contributed by atoms with Crippen molar-refractivity contribution in [2.75, 3.05) is 6.61 Å². The second-order valence-corrected chi connectivity index (χ2v) is 10.4. The van der Waals surface area contributed by atoms with Gasteiger partial charge in [0.1, 0.15) is 0 Å². The highest BCUT2D eigenvalue weighted by Crippen LogP contribution is 2.36. The molecular formula is C22H25F4OSi. The second kappa shape index (κ2) is 9.12. The number of rotatable bonds is 6. The van der Waals surface area contributed by atoms with Crippen LogP contribution < -0.4 is 4.74 Å². The van der Waals surface area contributed by atoms with Crippen LogP contribution in [-0.2, 0) is 0 Å². The van der Waals surface area contributed by atoms with Crippen LogP contribution in [0.1, 0.15) is 37.7 Å². The van der Waals surface area contributed by atoms with Gasteiger partial charge in [-0.1, -0.05) is 61.8 Å². The molecule has 0 spiro atoms. The Balaban J connectivity index is 1.64. The predicted molar refractivity (Wildman–Crippen MR) is 106 cm³/mol. The maximum absolute atomic E-state index is 14.1. The van der Waals surface area contributed by atoms with E-state index in [2.05, 4.69) is 23.8 Å². The quantitative estimate of drug-likeness (QED) is 0.362. The largest absolute Gasteiger partial charge is 0.481 e. The fourth-order valence-electron chi connectivity index (χ4n) is 3.87. The average molecular weight is 410 g/mol. The molecule has 6 heteroatoms. The Morgan fingerprint density at radius 3 is 2.21 bits per heavy atom. The topological polar surface area (TPSA) is 9.23 Å². The van der Waals surface area contributed by atoms with E-state index in [4.69, 9.17) is 0 Å². The molecule has 0 N–H and O–H groups in total. The molecule has 1 radical (unpaired) electrons. The van der Waals surface area contributed by atoms with Crippen LogP contribution in [0, 0.1) is 5.82 Å². The molecule has 0 amide bonds. The molecule has 1 nitrogen and oxygen atoms in total. The number of halogens is 4. The summed E-state index contributed by atoms with van der Waals surface area (Å²) in [6, 6.07) is 16.4. The van der Waals surface area contributed by atoms with E-state index in [0.29, 0.717) is 11.5 Å². The molecule has 0 atom stereocenters. The van der Waals surface area contributed by atoms with E-state index in [1.54, 1.807) is 6.07 Å². The average Bonchev–Trinajstić information content (AvgIpc) is 2.67. The Morgan fingerprint density at radius 1 is 1.00 bits per heavy atom. The highest BCUT2D eigenvalue weighted by atomic mass is 28.3. The second-order valence-electron chi connectivity index (χ2n) is 7.45. The molecule has 28 heavy (non-hydrogen) atoms. The van der Waals surface area contributed by atoms with E-state index in [1.807, 2.05) is 12.1 Å². The van der Waals surface area contributed by atoms with Crippen LogP contribution in [0.3, 0.4) is 0 Å². The minimum absolute atomic E-state index is 0.136. The number of hydrogen-bond donors (Lipinski definition) is 0. The Kier molecular flexibility index (Phi) is 6.80. The first-order chi connectivity index (χ1) is 13.4. The first-order valence-corrected chi connectivity index (χ1v) is 11.9. The van der Waals surface area contributed by atoms with Gasteiger partial charge in [0, 0.05) is 8.80 Å². The maximum atomic E-state index is 14.1. The lowest BCUT2D eigenvalue weighted by atomic mass is 9.92. The summed E-state index contributed by atoms with van der Waals surface area (Å²) < 4.78 is 55.3. The van der Waals surface area contributed by atoms with Crippen LogP contribution >= 0.6 is 0 Å². The van der Waals surface area contributed by atoms with Gasteiger partial charge >= 0.3 is 6.18 Å². The third-order valence-corrected chi connectivity index (χ3v) is 8.53. The normalized spacial score (nSPS) is 16.3. The number of alkyl halides is 3. The lowest BCUT2D eigenvalue weighted by molar-refractivity contribution is -0.153. The molecular weight excluding hydrogens is 384 g/mol. The first kappa shape index (κ1) is 20.9. The molecule has 0 saturated carbocycles. The first-order valence-electron chi connectivity index (χ1n) is 9.78. The van der Waals surface area contributed by atoms with Crippen LogP contribution in [0.4, 0.5) is 17.6 Å². The standard InChI is InChI=1S/C22H25F4OSi/c1-2-11-28-12-9-18(10-13-28)16-3-5-17(6-4-16)19-7-8-21(20(23)14-19)27-15-22(24,25)26/h3-8,14,18H,2,9-13,15H2,1H3. The molecule has 2 aromatic rings. The third kappa shape index (κ3) is 5.60. The summed E-state index contributed by atoms with van der Waals surface area (Å²) in [6.07, 6.45) is -0.677. The van der Waals surface area contributed by atoms with Gasteiger partial charge in [-0.05, 0) is 47.6 Å². The lowest BCUT2D eigenvalue weighted by Gasteiger charge is -2.27. The van der Waals surface area contributed by atoms with E-state index >= 15 is 0 Å². The molecule has 1 aliphatic rings. The summed E-state index contributed by atoms with van der Waals surface area (Å²) in [5.74, 6) is -0.567. The van der Waals surface area contributed by atoms with Crippen molar-refractivity contribution in [3.63, 3.8) is 0 Å². The van der Waals surface area contributed by atoms with Crippen molar-refractivity contribution in [3.05, 3.63) is 53.8 Å². The molecule has 151 valence electrons. The number of hydrogen-bond acceptors (Lipinski definition) is 1. The van der Waals surface area contributed by atoms with Crippen molar-refractivity contribution < 1.29 is 22.3 Å². The van der Waals surface area contributed by atoms with Gasteiger partial charge in [0.15, 0.2) is 18.2 Å². The highest BCUT2D eigenvalue weighted by Gasteiger charge is 2.29. The van der Waals surface area contributed by atoms with E-state index in [1.165, 1.54) is 55.1 Å². The van der Waals surface area contributed by atoms with Gasteiger partial charge in [-0.2, -0.15) is 13.2 Å². The summed E-state index contributed by atoms with van der Waals surface area (Å²) in [5, 5.41) is 0. The number of ether oxygens (including phenoxy) is 1. The van der Waals surface area contributed by atoms with Crippen molar-refractivity contribution >= 4 is 8.80 Å². The smallest absolute Gasteiger partial charge is 0.422 e. The van der Waals surface area contributed by atoms with E-state index in [9.17, 15) is 17.6 Å². The SMILES string of the molecule is CCC[Si]1CCC(c2ccc(-c3ccc(OCC(F)(F)F)c(F)c3)cc2)CC1. The van der Waals surface area contributed by atoms with Gasteiger partial charge in [-0.25, -0.2) is 4.39 Å². The summed E-state index contributed by atoms with van der Waals surface area (Å²) in [7, 11) is -0.136. The summed E-state index contributed by atoms with van der Waals surface area (Å²) in [6.45, 7) is 0.765. The number of benzene rings is 2. The molecule has 1 fully saturated rings. The van der Waals surface area contributed by atoms with Crippen LogP contribution in [0.5, 0.6) is 5.75 Å². The van der Waals surface area contributed by atoms with Crippen molar-refractivity contribution in [2.24, 2.45) is 0 Å². The van der Waals surface area contributed by atoms with E-state index in [0.717, 1.165) is 5.56 Å². The monoisotopic (exact) mass is 409 g/mol. The molecule has 0 unspecified atom stereocenters. The zero-order chi connectivity index (χ0) is 20.1. The maximum Gasteiger partial charge on any atom is 0.422 e. The predicted octanol–water partition coefficient (Wildman–Crippen LogP) is 7.22. The third-order valence-electron chi connectivity index (χ3n) is 5.33. The van der Waals surface area contributed by atoms with E-state index < -0.39 is 18.6 Å². The minimum Gasteiger partial charge on any atom is -0.481 e. The fourth-order valence-corrected chi connectivity index (χ4v) is 6.84. The van der Waals surface area contributed by atoms with Gasteiger partial charge in [0.25, 0.3) is 0 Å². The fraction of sp³-hybridized carbons (Fsp3) is 0.455. The van der Waals surface area contributed by atoms with Crippen LogP contribution in [0.2, 0.25) is 18.1 Å². The summed E-state index contributed by atoms with van der Waals surface area (Å²) in [5.41, 5.74) is 2.80. The van der Waals surface area contributed by atoms with Crippen molar-refractivity contribution in [2.45, 2.75) is 56.4 Å².